The summed E-state index contributed by atoms with van der Waals surface area (Å²) in [5, 5.41) is 6.63. The van der Waals surface area contributed by atoms with Crippen molar-refractivity contribution < 1.29 is 9.53 Å². The Balaban J connectivity index is 1.59. The quantitative estimate of drug-likeness (QED) is 0.736. The molecule has 0 radical (unpaired) electrons. The maximum atomic E-state index is 12.6. The number of nitrogens with zero attached hydrogens (tertiary/aromatic N) is 1. The van der Waals surface area contributed by atoms with Crippen LogP contribution in [0.4, 0.5) is 0 Å². The van der Waals surface area contributed by atoms with E-state index in [-0.39, 0.29) is 11.9 Å². The highest BCUT2D eigenvalue weighted by atomic mass is 16.5. The lowest BCUT2D eigenvalue weighted by Crippen LogP contribution is -2.38. The Hall–Kier alpha value is -1.59. The number of piperidine rings is 1. The van der Waals surface area contributed by atoms with Crippen LogP contribution in [0.25, 0.3) is 0 Å². The van der Waals surface area contributed by atoms with Crippen molar-refractivity contribution in [3.8, 4) is 5.75 Å². The maximum absolute atomic E-state index is 12.6. The number of carbonyl (C=O) groups excluding carboxylic acids is 1. The van der Waals surface area contributed by atoms with Gasteiger partial charge < -0.3 is 15.4 Å². The molecule has 27 heavy (non-hydrogen) atoms. The number of benzene rings is 1. The predicted octanol–water partition coefficient (Wildman–Crippen LogP) is 2.97. The van der Waals surface area contributed by atoms with Crippen LogP contribution in [0.1, 0.15) is 50.6 Å². The third-order valence-corrected chi connectivity index (χ3v) is 6.27. The molecule has 1 amide bonds. The van der Waals surface area contributed by atoms with E-state index in [1.807, 2.05) is 12.1 Å². The number of carbonyl (C=O) groups is 1. The molecule has 2 N–H and O–H groups in total. The molecule has 0 saturated carbocycles. The fourth-order valence-corrected chi connectivity index (χ4v) is 4.59. The molecule has 2 unspecified atom stereocenters. The summed E-state index contributed by atoms with van der Waals surface area (Å²) in [6.45, 7) is 7.23. The third-order valence-electron chi connectivity index (χ3n) is 6.27. The molecule has 3 rings (SSSR count). The van der Waals surface area contributed by atoms with Gasteiger partial charge in [-0.05, 0) is 69.8 Å². The van der Waals surface area contributed by atoms with Crippen molar-refractivity contribution in [2.45, 2.75) is 45.1 Å². The number of methoxy groups -OCH3 is 1. The standard InChI is InChI=1S/C22H35N3O2/c1-17(18-9-11-23-12-10-18)15-22(26)24-16-20(25-13-5-6-14-25)19-7-3-4-8-21(19)27-2/h3-4,7-8,17-18,20,23H,5-6,9-16H2,1-2H3,(H,24,26). The Labute approximate surface area is 163 Å². The Kier molecular flexibility index (Phi) is 7.53. The summed E-state index contributed by atoms with van der Waals surface area (Å²) in [6, 6.07) is 8.39. The molecule has 2 atom stereocenters. The van der Waals surface area contributed by atoms with Gasteiger partial charge in [0.2, 0.25) is 5.91 Å². The van der Waals surface area contributed by atoms with Crippen molar-refractivity contribution in [3.05, 3.63) is 29.8 Å². The fourth-order valence-electron chi connectivity index (χ4n) is 4.59. The number of hydrogen-bond acceptors (Lipinski definition) is 4. The topological polar surface area (TPSA) is 53.6 Å². The molecule has 0 bridgehead atoms. The number of para-hydroxylation sites is 1. The van der Waals surface area contributed by atoms with Crippen LogP contribution in [-0.4, -0.2) is 50.6 Å². The van der Waals surface area contributed by atoms with Crippen molar-refractivity contribution in [1.29, 1.82) is 0 Å². The minimum absolute atomic E-state index is 0.181. The van der Waals surface area contributed by atoms with Gasteiger partial charge in [-0.2, -0.15) is 0 Å². The first-order valence-corrected chi connectivity index (χ1v) is 10.5. The van der Waals surface area contributed by atoms with Crippen molar-refractivity contribution in [2.24, 2.45) is 11.8 Å². The second-order valence-corrected chi connectivity index (χ2v) is 8.07. The predicted molar refractivity (Wildman–Crippen MR) is 109 cm³/mol. The smallest absolute Gasteiger partial charge is 0.220 e. The minimum Gasteiger partial charge on any atom is -0.496 e. The van der Waals surface area contributed by atoms with Crippen LogP contribution in [-0.2, 0) is 4.79 Å². The van der Waals surface area contributed by atoms with Crippen LogP contribution in [0, 0.1) is 11.8 Å². The van der Waals surface area contributed by atoms with Crippen LogP contribution in [0.5, 0.6) is 5.75 Å². The van der Waals surface area contributed by atoms with Gasteiger partial charge in [-0.3, -0.25) is 9.69 Å². The van der Waals surface area contributed by atoms with E-state index in [1.54, 1.807) is 7.11 Å². The summed E-state index contributed by atoms with van der Waals surface area (Å²) in [5.74, 6) is 2.20. The normalized spacial score (nSPS) is 21.0. The molecule has 2 heterocycles. The average Bonchev–Trinajstić information content (AvgIpc) is 3.23. The second kappa shape index (κ2) is 10.1. The van der Waals surface area contributed by atoms with Crippen LogP contribution < -0.4 is 15.4 Å². The van der Waals surface area contributed by atoms with Crippen LogP contribution in [0.3, 0.4) is 0 Å². The molecule has 2 fully saturated rings. The van der Waals surface area contributed by atoms with Gasteiger partial charge in [0.05, 0.1) is 13.2 Å². The van der Waals surface area contributed by atoms with Crippen molar-refractivity contribution >= 4 is 5.91 Å². The number of amides is 1. The third kappa shape index (κ3) is 5.45. The van der Waals surface area contributed by atoms with Crippen molar-refractivity contribution in [3.63, 3.8) is 0 Å². The molecule has 0 aliphatic carbocycles. The number of likely N-dealkylation sites (tertiary alicyclic amines) is 1. The summed E-state index contributed by atoms with van der Waals surface area (Å²) in [7, 11) is 1.72. The Morgan fingerprint density at radius 2 is 1.96 bits per heavy atom. The van der Waals surface area contributed by atoms with Crippen LogP contribution >= 0.6 is 0 Å². The number of nitrogens with one attached hydrogen (secondary N) is 2. The van der Waals surface area contributed by atoms with Gasteiger partial charge in [0.15, 0.2) is 0 Å². The minimum atomic E-state index is 0.181. The van der Waals surface area contributed by atoms with Gasteiger partial charge in [0.25, 0.3) is 0 Å². The zero-order valence-corrected chi connectivity index (χ0v) is 16.9. The molecular formula is C22H35N3O2. The lowest BCUT2D eigenvalue weighted by molar-refractivity contribution is -0.122. The van der Waals surface area contributed by atoms with Gasteiger partial charge in [0, 0.05) is 18.5 Å². The first-order valence-electron chi connectivity index (χ1n) is 10.5. The summed E-state index contributed by atoms with van der Waals surface area (Å²) >= 11 is 0. The number of rotatable bonds is 8. The molecule has 1 aromatic carbocycles. The highest BCUT2D eigenvalue weighted by molar-refractivity contribution is 5.76. The number of hydrogen-bond donors (Lipinski definition) is 2. The summed E-state index contributed by atoms with van der Waals surface area (Å²) in [4.78, 5) is 15.1. The summed E-state index contributed by atoms with van der Waals surface area (Å²) in [5.41, 5.74) is 1.17. The molecule has 2 saturated heterocycles. The van der Waals surface area contributed by atoms with E-state index in [0.29, 0.717) is 24.8 Å². The van der Waals surface area contributed by atoms with Crippen molar-refractivity contribution in [1.82, 2.24) is 15.5 Å². The van der Waals surface area contributed by atoms with E-state index in [4.69, 9.17) is 4.74 Å². The highest BCUT2D eigenvalue weighted by Gasteiger charge is 2.27. The molecular weight excluding hydrogens is 338 g/mol. The number of ether oxygens (including phenoxy) is 1. The molecule has 1 aromatic rings. The zero-order chi connectivity index (χ0) is 19.1. The van der Waals surface area contributed by atoms with Gasteiger partial charge in [0.1, 0.15) is 5.75 Å². The Morgan fingerprint density at radius 3 is 2.67 bits per heavy atom. The first-order chi connectivity index (χ1) is 13.2. The molecule has 2 aliphatic heterocycles. The SMILES string of the molecule is COc1ccccc1C(CNC(=O)CC(C)C1CCNCC1)N1CCCC1. The molecule has 0 spiro atoms. The van der Waals surface area contributed by atoms with Crippen molar-refractivity contribution in [2.75, 3.05) is 39.8 Å². The lowest BCUT2D eigenvalue weighted by atomic mass is 9.84. The first kappa shape index (κ1) is 20.2. The van der Waals surface area contributed by atoms with E-state index in [9.17, 15) is 4.79 Å². The van der Waals surface area contributed by atoms with E-state index < -0.39 is 0 Å². The van der Waals surface area contributed by atoms with Gasteiger partial charge in [-0.15, -0.1) is 0 Å². The maximum Gasteiger partial charge on any atom is 0.220 e. The molecule has 5 heteroatoms. The Morgan fingerprint density at radius 1 is 1.26 bits per heavy atom. The Bertz CT molecular complexity index is 595. The summed E-state index contributed by atoms with van der Waals surface area (Å²) < 4.78 is 5.59. The van der Waals surface area contributed by atoms with Crippen LogP contribution in [0.2, 0.25) is 0 Å². The monoisotopic (exact) mass is 373 g/mol. The molecule has 2 aliphatic rings. The molecule has 0 aromatic heterocycles. The van der Waals surface area contributed by atoms with Gasteiger partial charge in [-0.25, -0.2) is 0 Å². The fraction of sp³-hybridized carbons (Fsp3) is 0.682. The molecule has 5 nitrogen and oxygen atoms in total. The van der Waals surface area contributed by atoms with E-state index in [1.165, 1.54) is 31.2 Å². The highest BCUT2D eigenvalue weighted by Crippen LogP contribution is 2.31. The lowest BCUT2D eigenvalue weighted by Gasteiger charge is -2.30. The van der Waals surface area contributed by atoms with Gasteiger partial charge in [-0.1, -0.05) is 25.1 Å². The zero-order valence-electron chi connectivity index (χ0n) is 16.9. The van der Waals surface area contributed by atoms with Gasteiger partial charge >= 0.3 is 0 Å². The van der Waals surface area contributed by atoms with Crippen LogP contribution in [0.15, 0.2) is 24.3 Å². The van der Waals surface area contributed by atoms with E-state index in [2.05, 4.69) is 34.6 Å². The average molecular weight is 374 g/mol. The largest absolute Gasteiger partial charge is 0.496 e. The second-order valence-electron chi connectivity index (χ2n) is 8.07. The molecule has 150 valence electrons. The summed E-state index contributed by atoms with van der Waals surface area (Å²) in [6.07, 6.45) is 5.46. The van der Waals surface area contributed by atoms with E-state index >= 15 is 0 Å². The van der Waals surface area contributed by atoms with E-state index in [0.717, 1.165) is 31.9 Å².